The number of hydrogen-bond donors (Lipinski definition) is 1. The third kappa shape index (κ3) is 7.46. The maximum Gasteiger partial charge on any atom is 0.257 e. The van der Waals surface area contributed by atoms with Crippen molar-refractivity contribution in [1.82, 2.24) is 4.72 Å². The van der Waals surface area contributed by atoms with Crippen LogP contribution in [0.5, 0.6) is 0 Å². The molecule has 0 radical (unpaired) electrons. The Labute approximate surface area is 188 Å². The third-order valence-corrected chi connectivity index (χ3v) is 5.56. The van der Waals surface area contributed by atoms with Crippen LogP contribution in [0.15, 0.2) is 71.7 Å². The zero-order valence-corrected chi connectivity index (χ0v) is 19.1. The number of anilines is 1. The number of nitrogens with zero attached hydrogens (tertiary/aromatic N) is 1. The molecule has 6 nitrogen and oxygen atoms in total. The number of halogens is 1. The molecule has 2 amide bonds. The zero-order valence-electron chi connectivity index (χ0n) is 18.3. The van der Waals surface area contributed by atoms with Gasteiger partial charge in [-0.05, 0) is 63.1 Å². The van der Waals surface area contributed by atoms with E-state index in [9.17, 15) is 22.4 Å². The molecule has 2 rings (SSSR count). The molecule has 1 unspecified atom stereocenters. The number of carbonyl (C=O) groups excluding carboxylic acids is 2. The molecule has 0 bridgehead atoms. The number of rotatable bonds is 9. The highest BCUT2D eigenvalue weighted by atomic mass is 32.2. The molecule has 1 N–H and O–H groups in total. The molecule has 0 heterocycles. The van der Waals surface area contributed by atoms with Gasteiger partial charge in [0.1, 0.15) is 11.7 Å². The summed E-state index contributed by atoms with van der Waals surface area (Å²) in [6.07, 6.45) is 3.09. The molecule has 0 saturated carbocycles. The Bertz CT molecular complexity index is 1090. The van der Waals surface area contributed by atoms with Crippen LogP contribution in [-0.4, -0.2) is 26.8 Å². The molecular weight excluding hydrogens is 431 g/mol. The van der Waals surface area contributed by atoms with Crippen molar-refractivity contribution in [3.05, 3.63) is 83.0 Å². The number of benzene rings is 2. The van der Waals surface area contributed by atoms with E-state index in [4.69, 9.17) is 0 Å². The van der Waals surface area contributed by atoms with Crippen molar-refractivity contribution >= 4 is 33.6 Å². The summed E-state index contributed by atoms with van der Waals surface area (Å²) >= 11 is 0. The van der Waals surface area contributed by atoms with Crippen LogP contribution in [0.1, 0.15) is 32.8 Å². The van der Waals surface area contributed by atoms with Crippen LogP contribution in [0.25, 0.3) is 6.08 Å². The van der Waals surface area contributed by atoms with Crippen molar-refractivity contribution in [3.8, 4) is 0 Å². The molecule has 170 valence electrons. The van der Waals surface area contributed by atoms with E-state index in [-0.39, 0.29) is 13.0 Å². The molecule has 0 spiro atoms. The van der Waals surface area contributed by atoms with Crippen molar-refractivity contribution in [2.24, 2.45) is 5.92 Å². The second kappa shape index (κ2) is 11.4. The summed E-state index contributed by atoms with van der Waals surface area (Å²) < 4.78 is 40.1. The summed E-state index contributed by atoms with van der Waals surface area (Å²) in [6, 6.07) is 14.1. The maximum atomic E-state index is 13.3. The minimum Gasteiger partial charge on any atom is -0.312 e. The lowest BCUT2D eigenvalue weighted by atomic mass is 10.0. The molecule has 2 aromatic rings. The van der Waals surface area contributed by atoms with Gasteiger partial charge in [-0.2, -0.15) is 0 Å². The molecule has 1 atom stereocenters. The van der Waals surface area contributed by atoms with E-state index in [2.05, 4.69) is 0 Å². The highest BCUT2D eigenvalue weighted by Crippen LogP contribution is 2.20. The Morgan fingerprint density at radius 2 is 1.69 bits per heavy atom. The van der Waals surface area contributed by atoms with Gasteiger partial charge >= 0.3 is 0 Å². The van der Waals surface area contributed by atoms with Crippen molar-refractivity contribution in [3.63, 3.8) is 0 Å². The molecular formula is C24H27FN2O4S. The monoisotopic (exact) mass is 458 g/mol. The zero-order chi connectivity index (χ0) is 23.7. The van der Waals surface area contributed by atoms with E-state index in [0.717, 1.165) is 11.0 Å². The molecule has 0 aliphatic carbocycles. The van der Waals surface area contributed by atoms with Gasteiger partial charge in [-0.15, -0.1) is 0 Å². The largest absolute Gasteiger partial charge is 0.312 e. The lowest BCUT2D eigenvalue weighted by Crippen LogP contribution is -2.45. The van der Waals surface area contributed by atoms with E-state index in [1.165, 1.54) is 35.2 Å². The minimum atomic E-state index is -4.12. The Balaban J connectivity index is 2.27. The standard InChI is InChI=1S/C24H27FN2O4S/c1-4-27(21-13-11-20(25)12-14-21)24(29)22(15-10-18(2)3)23(28)26-32(30,31)17-16-19-8-6-5-7-9-19/h5-14,16-17,22H,4,15H2,1-3H3,(H,26,28)/b17-16+. The van der Waals surface area contributed by atoms with Crippen molar-refractivity contribution in [2.75, 3.05) is 11.4 Å². The molecule has 8 heteroatoms. The first-order valence-electron chi connectivity index (χ1n) is 10.1. The van der Waals surface area contributed by atoms with Gasteiger partial charge in [0, 0.05) is 12.2 Å². The molecule has 32 heavy (non-hydrogen) atoms. The fraction of sp³-hybridized carbons (Fsp3) is 0.250. The van der Waals surface area contributed by atoms with Gasteiger partial charge in [-0.25, -0.2) is 17.5 Å². The summed E-state index contributed by atoms with van der Waals surface area (Å²) in [5.74, 6) is -3.22. The van der Waals surface area contributed by atoms with E-state index in [1.54, 1.807) is 43.3 Å². The summed E-state index contributed by atoms with van der Waals surface area (Å²) in [5.41, 5.74) is 1.95. The summed E-state index contributed by atoms with van der Waals surface area (Å²) in [7, 11) is -4.12. The molecule has 0 fully saturated rings. The van der Waals surface area contributed by atoms with Gasteiger partial charge in [0.15, 0.2) is 0 Å². The number of allylic oxidation sites excluding steroid dienone is 2. The lowest BCUT2D eigenvalue weighted by Gasteiger charge is -2.25. The van der Waals surface area contributed by atoms with E-state index in [1.807, 2.05) is 18.6 Å². The van der Waals surface area contributed by atoms with Crippen molar-refractivity contribution in [1.29, 1.82) is 0 Å². The van der Waals surface area contributed by atoms with E-state index >= 15 is 0 Å². The summed E-state index contributed by atoms with van der Waals surface area (Å²) in [5, 5.41) is 0.889. The molecule has 0 aliphatic heterocycles. The van der Waals surface area contributed by atoms with Gasteiger partial charge in [-0.1, -0.05) is 42.0 Å². The van der Waals surface area contributed by atoms with Crippen LogP contribution in [0.4, 0.5) is 10.1 Å². The van der Waals surface area contributed by atoms with Crippen LogP contribution in [0.3, 0.4) is 0 Å². The minimum absolute atomic E-state index is 0.0304. The number of hydrogen-bond acceptors (Lipinski definition) is 4. The Morgan fingerprint density at radius 1 is 1.06 bits per heavy atom. The SMILES string of the molecule is CCN(C(=O)C(CC=C(C)C)C(=O)NS(=O)(=O)/C=C/c1ccccc1)c1ccc(F)cc1. The number of sulfonamides is 1. The normalized spacial score (nSPS) is 12.2. The number of carbonyl (C=O) groups is 2. The van der Waals surface area contributed by atoms with Gasteiger partial charge in [0.2, 0.25) is 11.8 Å². The number of nitrogens with one attached hydrogen (secondary N) is 1. The van der Waals surface area contributed by atoms with Gasteiger partial charge in [0.25, 0.3) is 10.0 Å². The second-order valence-electron chi connectivity index (χ2n) is 7.35. The highest BCUT2D eigenvalue weighted by Gasteiger charge is 2.32. The Kier molecular flexibility index (Phi) is 8.90. The lowest BCUT2D eigenvalue weighted by molar-refractivity contribution is -0.132. The van der Waals surface area contributed by atoms with Crippen LogP contribution in [-0.2, 0) is 19.6 Å². The summed E-state index contributed by atoms with van der Waals surface area (Å²) in [4.78, 5) is 27.4. The topological polar surface area (TPSA) is 83.6 Å². The number of amides is 2. The molecule has 0 aliphatic rings. The Hall–Kier alpha value is -3.26. The van der Waals surface area contributed by atoms with Crippen molar-refractivity contribution < 1.29 is 22.4 Å². The molecule has 0 aromatic heterocycles. The maximum absolute atomic E-state index is 13.3. The molecule has 2 aromatic carbocycles. The predicted octanol–water partition coefficient (Wildman–Crippen LogP) is 4.27. The van der Waals surface area contributed by atoms with Crippen LogP contribution in [0, 0.1) is 11.7 Å². The average Bonchev–Trinajstić information content (AvgIpc) is 2.74. The Morgan fingerprint density at radius 3 is 2.25 bits per heavy atom. The first kappa shape index (κ1) is 25.0. The fourth-order valence-electron chi connectivity index (χ4n) is 2.93. The third-order valence-electron chi connectivity index (χ3n) is 4.58. The van der Waals surface area contributed by atoms with Crippen LogP contribution in [0.2, 0.25) is 0 Å². The van der Waals surface area contributed by atoms with Gasteiger partial charge < -0.3 is 4.90 Å². The second-order valence-corrected chi connectivity index (χ2v) is 8.92. The molecule has 0 saturated heterocycles. The average molecular weight is 459 g/mol. The highest BCUT2D eigenvalue weighted by molar-refractivity contribution is 7.93. The van der Waals surface area contributed by atoms with Crippen LogP contribution >= 0.6 is 0 Å². The predicted molar refractivity (Wildman–Crippen MR) is 125 cm³/mol. The smallest absolute Gasteiger partial charge is 0.257 e. The quantitative estimate of drug-likeness (QED) is 0.449. The fourth-order valence-corrected chi connectivity index (χ4v) is 3.75. The van der Waals surface area contributed by atoms with E-state index < -0.39 is 33.6 Å². The van der Waals surface area contributed by atoms with Crippen LogP contribution < -0.4 is 9.62 Å². The van der Waals surface area contributed by atoms with Gasteiger partial charge in [0.05, 0.1) is 5.41 Å². The summed E-state index contributed by atoms with van der Waals surface area (Å²) in [6.45, 7) is 5.58. The van der Waals surface area contributed by atoms with Crippen molar-refractivity contribution in [2.45, 2.75) is 27.2 Å². The first-order chi connectivity index (χ1) is 15.1. The van der Waals surface area contributed by atoms with Gasteiger partial charge in [-0.3, -0.25) is 9.59 Å². The first-order valence-corrected chi connectivity index (χ1v) is 11.7. The van der Waals surface area contributed by atoms with E-state index in [0.29, 0.717) is 11.3 Å².